The van der Waals surface area contributed by atoms with Gasteiger partial charge in [0.25, 0.3) is 0 Å². The first kappa shape index (κ1) is 13.9. The molecule has 0 N–H and O–H groups in total. The number of rotatable bonds is 4. The maximum atomic E-state index is 11.8. The molecular formula is C11H22N2O2. The number of hydrogen-bond donors (Lipinski definition) is 0. The quantitative estimate of drug-likeness (QED) is 0.699. The maximum absolute atomic E-state index is 11.8. The van der Waals surface area contributed by atoms with Crippen molar-refractivity contribution < 1.29 is 9.59 Å². The van der Waals surface area contributed by atoms with Crippen LogP contribution in [0.15, 0.2) is 0 Å². The molecule has 0 aliphatic carbocycles. The second-order valence-corrected chi connectivity index (χ2v) is 4.69. The lowest BCUT2D eigenvalue weighted by Gasteiger charge is -2.31. The van der Waals surface area contributed by atoms with E-state index >= 15 is 0 Å². The van der Waals surface area contributed by atoms with Gasteiger partial charge in [-0.05, 0) is 13.8 Å². The maximum Gasteiger partial charge on any atom is 0.229 e. The average molecular weight is 214 g/mol. The van der Waals surface area contributed by atoms with Crippen LogP contribution in [-0.2, 0) is 9.59 Å². The van der Waals surface area contributed by atoms with E-state index in [4.69, 9.17) is 0 Å². The van der Waals surface area contributed by atoms with Crippen molar-refractivity contribution in [2.24, 2.45) is 5.41 Å². The summed E-state index contributed by atoms with van der Waals surface area (Å²) in [6.45, 7) is 5.99. The van der Waals surface area contributed by atoms with E-state index in [1.54, 1.807) is 30.9 Å². The Bertz CT molecular complexity index is 247. The first-order chi connectivity index (χ1) is 6.72. The van der Waals surface area contributed by atoms with Crippen molar-refractivity contribution in [1.29, 1.82) is 0 Å². The lowest BCUT2D eigenvalue weighted by molar-refractivity contribution is -0.141. The molecule has 0 atom stereocenters. The highest BCUT2D eigenvalue weighted by molar-refractivity contribution is 5.83. The normalized spacial score (nSPS) is 11.1. The Morgan fingerprint density at radius 1 is 1.13 bits per heavy atom. The molecule has 88 valence electrons. The van der Waals surface area contributed by atoms with Crippen molar-refractivity contribution in [3.05, 3.63) is 0 Å². The predicted octanol–water partition coefficient (Wildman–Crippen LogP) is 0.969. The van der Waals surface area contributed by atoms with Gasteiger partial charge in [0.15, 0.2) is 0 Å². The molecule has 0 saturated carbocycles. The first-order valence-corrected chi connectivity index (χ1v) is 5.18. The number of nitrogens with zero attached hydrogens (tertiary/aromatic N) is 2. The predicted molar refractivity (Wildman–Crippen MR) is 60.4 cm³/mol. The van der Waals surface area contributed by atoms with Gasteiger partial charge >= 0.3 is 0 Å². The third kappa shape index (κ3) is 3.90. The van der Waals surface area contributed by atoms with Crippen LogP contribution in [0.2, 0.25) is 0 Å². The van der Waals surface area contributed by atoms with Crippen molar-refractivity contribution in [2.75, 3.05) is 27.7 Å². The monoisotopic (exact) mass is 214 g/mol. The zero-order valence-electron chi connectivity index (χ0n) is 10.6. The summed E-state index contributed by atoms with van der Waals surface area (Å²) in [6, 6.07) is 0. The smallest absolute Gasteiger partial charge is 0.229 e. The van der Waals surface area contributed by atoms with Gasteiger partial charge in [-0.1, -0.05) is 6.92 Å². The average Bonchev–Trinajstić information content (AvgIpc) is 2.14. The van der Waals surface area contributed by atoms with Crippen molar-refractivity contribution >= 4 is 11.8 Å². The van der Waals surface area contributed by atoms with Crippen LogP contribution < -0.4 is 0 Å². The fourth-order valence-corrected chi connectivity index (χ4v) is 1.62. The van der Waals surface area contributed by atoms with Gasteiger partial charge in [0.1, 0.15) is 0 Å². The molecule has 0 heterocycles. The molecule has 0 rings (SSSR count). The second-order valence-electron chi connectivity index (χ2n) is 4.69. The Hall–Kier alpha value is -1.06. The minimum atomic E-state index is -0.525. The van der Waals surface area contributed by atoms with E-state index in [1.807, 2.05) is 20.8 Å². The zero-order valence-corrected chi connectivity index (χ0v) is 10.6. The number of amides is 2. The van der Waals surface area contributed by atoms with Gasteiger partial charge in [0, 0.05) is 34.1 Å². The highest BCUT2D eigenvalue weighted by Gasteiger charge is 2.31. The molecule has 0 aromatic heterocycles. The molecule has 0 radical (unpaired) electrons. The summed E-state index contributed by atoms with van der Waals surface area (Å²) in [4.78, 5) is 26.4. The lowest BCUT2D eigenvalue weighted by atomic mass is 9.91. The third-order valence-corrected chi connectivity index (χ3v) is 2.35. The molecule has 4 nitrogen and oxygen atoms in total. The van der Waals surface area contributed by atoms with Crippen LogP contribution in [0.1, 0.15) is 27.2 Å². The summed E-state index contributed by atoms with van der Waals surface area (Å²) in [5.74, 6) is 0.105. The topological polar surface area (TPSA) is 40.6 Å². The van der Waals surface area contributed by atoms with Crippen LogP contribution in [0.5, 0.6) is 0 Å². The molecule has 0 spiro atoms. The Labute approximate surface area is 92.2 Å². The van der Waals surface area contributed by atoms with Crippen LogP contribution in [-0.4, -0.2) is 49.3 Å². The largest absolute Gasteiger partial charge is 0.348 e. The minimum Gasteiger partial charge on any atom is -0.348 e. The van der Waals surface area contributed by atoms with Crippen LogP contribution in [0.25, 0.3) is 0 Å². The van der Waals surface area contributed by atoms with Crippen LogP contribution >= 0.6 is 0 Å². The van der Waals surface area contributed by atoms with E-state index in [1.165, 1.54) is 0 Å². The van der Waals surface area contributed by atoms with E-state index in [0.29, 0.717) is 13.0 Å². The fourth-order valence-electron chi connectivity index (χ4n) is 1.62. The molecule has 0 unspecified atom stereocenters. The van der Waals surface area contributed by atoms with Crippen molar-refractivity contribution in [2.45, 2.75) is 27.2 Å². The highest BCUT2D eigenvalue weighted by atomic mass is 16.2. The second kappa shape index (κ2) is 5.14. The Morgan fingerprint density at radius 3 is 1.93 bits per heavy atom. The van der Waals surface area contributed by atoms with Crippen molar-refractivity contribution in [1.82, 2.24) is 9.80 Å². The summed E-state index contributed by atoms with van der Waals surface area (Å²) < 4.78 is 0. The molecule has 4 heteroatoms. The summed E-state index contributed by atoms with van der Waals surface area (Å²) in [5.41, 5.74) is -0.525. The lowest BCUT2D eigenvalue weighted by Crippen LogP contribution is -2.44. The third-order valence-electron chi connectivity index (χ3n) is 2.35. The van der Waals surface area contributed by atoms with Gasteiger partial charge in [-0.25, -0.2) is 0 Å². The molecule has 0 aromatic rings. The molecular weight excluding hydrogens is 192 g/mol. The van der Waals surface area contributed by atoms with Gasteiger partial charge in [-0.15, -0.1) is 0 Å². The Kier molecular flexibility index (Phi) is 4.78. The summed E-state index contributed by atoms with van der Waals surface area (Å²) in [5, 5.41) is 0. The molecule has 0 aliphatic rings. The molecule has 0 aliphatic heterocycles. The molecule has 2 amide bonds. The number of hydrogen-bond acceptors (Lipinski definition) is 2. The zero-order chi connectivity index (χ0) is 12.2. The SMILES string of the molecule is CCC(=O)N(C)CC(C)(C)C(=O)N(C)C. The van der Waals surface area contributed by atoms with Crippen LogP contribution in [0.4, 0.5) is 0 Å². The van der Waals surface area contributed by atoms with Gasteiger partial charge in [-0.2, -0.15) is 0 Å². The Balaban J connectivity index is 4.50. The summed E-state index contributed by atoms with van der Waals surface area (Å²) in [6.07, 6.45) is 0.475. The summed E-state index contributed by atoms with van der Waals surface area (Å²) >= 11 is 0. The number of carbonyl (C=O) groups is 2. The highest BCUT2D eigenvalue weighted by Crippen LogP contribution is 2.19. The van der Waals surface area contributed by atoms with Crippen LogP contribution in [0.3, 0.4) is 0 Å². The minimum absolute atomic E-state index is 0.0400. The molecule has 0 aromatic carbocycles. The molecule has 15 heavy (non-hydrogen) atoms. The van der Waals surface area contributed by atoms with E-state index in [9.17, 15) is 9.59 Å². The van der Waals surface area contributed by atoms with Crippen molar-refractivity contribution in [3.8, 4) is 0 Å². The van der Waals surface area contributed by atoms with E-state index < -0.39 is 5.41 Å². The van der Waals surface area contributed by atoms with Gasteiger partial charge in [0.05, 0.1) is 5.41 Å². The Morgan fingerprint density at radius 2 is 1.60 bits per heavy atom. The molecule has 0 saturated heterocycles. The van der Waals surface area contributed by atoms with Crippen LogP contribution in [0, 0.1) is 5.41 Å². The van der Waals surface area contributed by atoms with Crippen molar-refractivity contribution in [3.63, 3.8) is 0 Å². The van der Waals surface area contributed by atoms with Gasteiger partial charge in [-0.3, -0.25) is 9.59 Å². The van der Waals surface area contributed by atoms with E-state index in [-0.39, 0.29) is 11.8 Å². The molecule has 0 bridgehead atoms. The van der Waals surface area contributed by atoms with Gasteiger partial charge < -0.3 is 9.80 Å². The van der Waals surface area contributed by atoms with Gasteiger partial charge in [0.2, 0.25) is 11.8 Å². The first-order valence-electron chi connectivity index (χ1n) is 5.18. The fraction of sp³-hybridized carbons (Fsp3) is 0.818. The molecule has 0 fully saturated rings. The number of carbonyl (C=O) groups excluding carboxylic acids is 2. The van der Waals surface area contributed by atoms with E-state index in [0.717, 1.165) is 0 Å². The standard InChI is InChI=1S/C11H22N2O2/c1-7-9(14)13(6)8-11(2,3)10(15)12(4)5/h7-8H2,1-6H3. The summed E-state index contributed by atoms with van der Waals surface area (Å²) in [7, 11) is 5.19. The van der Waals surface area contributed by atoms with E-state index in [2.05, 4.69) is 0 Å².